The number of hydrogen-bond donors (Lipinski definition) is 4. The molecule has 11 heteroatoms. The smallest absolute Gasteiger partial charge is 0.307 e. The quantitative estimate of drug-likeness (QED) is 0.355. The van der Waals surface area contributed by atoms with Crippen molar-refractivity contribution in [3.63, 3.8) is 0 Å². The van der Waals surface area contributed by atoms with Crippen LogP contribution in [0.1, 0.15) is 19.8 Å². The van der Waals surface area contributed by atoms with E-state index in [0.29, 0.717) is 42.9 Å². The Kier molecular flexibility index (Phi) is 9.66. The normalized spacial score (nSPS) is 10.1. The first kappa shape index (κ1) is 23.5. The van der Waals surface area contributed by atoms with Crippen molar-refractivity contribution in [2.24, 2.45) is 0 Å². The number of aromatic nitrogens is 3. The summed E-state index contributed by atoms with van der Waals surface area (Å²) < 4.78 is 4.92. The van der Waals surface area contributed by atoms with Gasteiger partial charge in [0, 0.05) is 38.8 Å². The number of nitrogens with one attached hydrogen (secondary N) is 4. The first-order valence-electron chi connectivity index (χ1n) is 9.93. The van der Waals surface area contributed by atoms with E-state index >= 15 is 0 Å². The van der Waals surface area contributed by atoms with Gasteiger partial charge in [0.2, 0.25) is 11.8 Å². The Morgan fingerprint density at radius 2 is 1.71 bits per heavy atom. The summed E-state index contributed by atoms with van der Waals surface area (Å²) in [7, 11) is 1.50. The molecule has 2 heterocycles. The van der Waals surface area contributed by atoms with Gasteiger partial charge in [0.1, 0.15) is 17.3 Å². The highest BCUT2D eigenvalue weighted by atomic mass is 16.5. The molecule has 2 rings (SSSR count). The second-order valence-corrected chi connectivity index (χ2v) is 6.29. The zero-order valence-corrected chi connectivity index (χ0v) is 17.6. The first-order chi connectivity index (χ1) is 15.0. The van der Waals surface area contributed by atoms with Gasteiger partial charge in [-0.25, -0.2) is 9.97 Å². The predicted octanol–water partition coefficient (Wildman–Crippen LogP) is 0.568. The predicted molar refractivity (Wildman–Crippen MR) is 115 cm³/mol. The Hall–Kier alpha value is -3.76. The molecule has 0 fully saturated rings. The molecule has 166 valence electrons. The van der Waals surface area contributed by atoms with E-state index in [0.717, 1.165) is 0 Å². The fourth-order valence-corrected chi connectivity index (χ4v) is 2.42. The molecule has 0 atom stereocenters. The number of pyridine rings is 1. The molecule has 0 aliphatic carbocycles. The van der Waals surface area contributed by atoms with Crippen LogP contribution >= 0.6 is 0 Å². The summed E-state index contributed by atoms with van der Waals surface area (Å²) in [5.74, 6) is 0.571. The lowest BCUT2D eigenvalue weighted by Gasteiger charge is -2.11. The lowest BCUT2D eigenvalue weighted by Crippen LogP contribution is -2.35. The molecule has 0 aliphatic rings. The van der Waals surface area contributed by atoms with Crippen molar-refractivity contribution in [2.75, 3.05) is 43.9 Å². The number of nitrogens with zero attached hydrogens (tertiary/aromatic N) is 3. The van der Waals surface area contributed by atoms with Crippen LogP contribution < -0.4 is 21.3 Å². The van der Waals surface area contributed by atoms with Gasteiger partial charge in [0.05, 0.1) is 19.6 Å². The average molecular weight is 429 g/mol. The molecule has 0 saturated heterocycles. The largest absolute Gasteiger partial charge is 0.466 e. The van der Waals surface area contributed by atoms with Gasteiger partial charge in [-0.2, -0.15) is 0 Å². The van der Waals surface area contributed by atoms with Gasteiger partial charge in [0.25, 0.3) is 0 Å². The summed E-state index contributed by atoms with van der Waals surface area (Å²) in [5, 5.41) is 11.1. The Balaban J connectivity index is 2.01. The third kappa shape index (κ3) is 8.64. The van der Waals surface area contributed by atoms with E-state index in [1.165, 1.54) is 7.05 Å². The molecule has 0 bridgehead atoms. The number of carbonyl (C=O) groups is 3. The van der Waals surface area contributed by atoms with Crippen molar-refractivity contribution in [3.8, 4) is 11.5 Å². The molecule has 2 aromatic rings. The second kappa shape index (κ2) is 12.7. The highest BCUT2D eigenvalue weighted by Gasteiger charge is 2.10. The van der Waals surface area contributed by atoms with E-state index < -0.39 is 0 Å². The van der Waals surface area contributed by atoms with Crippen LogP contribution in [0.5, 0.6) is 0 Å². The molecule has 0 aromatic carbocycles. The lowest BCUT2D eigenvalue weighted by atomic mass is 10.3. The maximum absolute atomic E-state index is 11.8. The summed E-state index contributed by atoms with van der Waals surface area (Å²) in [6.07, 6.45) is 2.00. The van der Waals surface area contributed by atoms with Crippen LogP contribution in [0.25, 0.3) is 11.5 Å². The molecule has 0 spiro atoms. The zero-order valence-electron chi connectivity index (χ0n) is 17.6. The van der Waals surface area contributed by atoms with E-state index in [1.807, 2.05) is 6.07 Å². The molecule has 0 aliphatic heterocycles. The Morgan fingerprint density at radius 3 is 2.32 bits per heavy atom. The standard InChI is InChI=1S/C20H27N7O4/c1-3-31-19(30)8-11-24-16-12-15(23-10-7-17(28)25-13-18(29)21-2)26-20(27-16)14-6-4-5-9-22-14/h4-6,9,12H,3,7-8,10-11,13H2,1-2H3,(H,21,29)(H,25,28)(H2,23,24,26,27). The van der Waals surface area contributed by atoms with E-state index in [1.54, 1.807) is 31.3 Å². The molecule has 11 nitrogen and oxygen atoms in total. The van der Waals surface area contributed by atoms with Gasteiger partial charge in [0.15, 0.2) is 5.82 Å². The van der Waals surface area contributed by atoms with Crippen molar-refractivity contribution >= 4 is 29.4 Å². The third-order valence-electron chi connectivity index (χ3n) is 3.94. The number of likely N-dealkylation sites (N-methyl/N-ethyl adjacent to an activating group) is 1. The van der Waals surface area contributed by atoms with E-state index in [4.69, 9.17) is 4.74 Å². The SMILES string of the molecule is CCOC(=O)CCNc1cc(NCCC(=O)NCC(=O)NC)nc(-c2ccccn2)n1. The van der Waals surface area contributed by atoms with Crippen LogP contribution in [0.2, 0.25) is 0 Å². The highest BCUT2D eigenvalue weighted by Crippen LogP contribution is 2.18. The minimum atomic E-state index is -0.296. The molecule has 0 saturated carbocycles. The minimum absolute atomic E-state index is 0.0683. The second-order valence-electron chi connectivity index (χ2n) is 6.29. The summed E-state index contributed by atoms with van der Waals surface area (Å²) in [4.78, 5) is 47.7. The molecule has 2 amide bonds. The van der Waals surface area contributed by atoms with Crippen molar-refractivity contribution in [1.82, 2.24) is 25.6 Å². The number of hydrogen-bond acceptors (Lipinski definition) is 9. The molecule has 31 heavy (non-hydrogen) atoms. The van der Waals surface area contributed by atoms with Crippen LogP contribution in [-0.2, 0) is 19.1 Å². The summed E-state index contributed by atoms with van der Waals surface area (Å²) in [5.41, 5.74) is 0.586. The van der Waals surface area contributed by atoms with Crippen LogP contribution in [0.4, 0.5) is 11.6 Å². The first-order valence-corrected chi connectivity index (χ1v) is 9.93. The van der Waals surface area contributed by atoms with Crippen LogP contribution in [-0.4, -0.2) is 66.0 Å². The summed E-state index contributed by atoms with van der Waals surface area (Å²) >= 11 is 0. The summed E-state index contributed by atoms with van der Waals surface area (Å²) in [6, 6.07) is 7.09. The number of carbonyl (C=O) groups excluding carboxylic acids is 3. The summed E-state index contributed by atoms with van der Waals surface area (Å²) in [6.45, 7) is 2.67. The highest BCUT2D eigenvalue weighted by molar-refractivity contribution is 5.84. The van der Waals surface area contributed by atoms with E-state index in [-0.39, 0.29) is 37.2 Å². The monoisotopic (exact) mass is 429 g/mol. The molecule has 0 radical (unpaired) electrons. The van der Waals surface area contributed by atoms with Crippen molar-refractivity contribution in [3.05, 3.63) is 30.5 Å². The number of ether oxygens (including phenoxy) is 1. The Bertz CT molecular complexity index is 877. The number of esters is 1. The Morgan fingerprint density at radius 1 is 1.00 bits per heavy atom. The van der Waals surface area contributed by atoms with Gasteiger partial charge in [-0.05, 0) is 19.1 Å². The topological polar surface area (TPSA) is 147 Å². The Labute approximate surface area is 180 Å². The fourth-order valence-electron chi connectivity index (χ4n) is 2.42. The molecule has 4 N–H and O–H groups in total. The number of anilines is 2. The van der Waals surface area contributed by atoms with Gasteiger partial charge >= 0.3 is 5.97 Å². The van der Waals surface area contributed by atoms with Crippen molar-refractivity contribution in [1.29, 1.82) is 0 Å². The fraction of sp³-hybridized carbons (Fsp3) is 0.400. The van der Waals surface area contributed by atoms with Gasteiger partial charge in [-0.1, -0.05) is 6.07 Å². The minimum Gasteiger partial charge on any atom is -0.466 e. The third-order valence-corrected chi connectivity index (χ3v) is 3.94. The van der Waals surface area contributed by atoms with Crippen LogP contribution in [0, 0.1) is 0 Å². The molecule has 2 aromatic heterocycles. The number of amides is 2. The molecular formula is C20H27N7O4. The zero-order chi connectivity index (χ0) is 22.5. The van der Waals surface area contributed by atoms with E-state index in [9.17, 15) is 14.4 Å². The van der Waals surface area contributed by atoms with Gasteiger partial charge in [-0.15, -0.1) is 0 Å². The van der Waals surface area contributed by atoms with E-state index in [2.05, 4.69) is 36.2 Å². The number of rotatable bonds is 12. The van der Waals surface area contributed by atoms with Crippen LogP contribution in [0.15, 0.2) is 30.5 Å². The molecular weight excluding hydrogens is 402 g/mol. The van der Waals surface area contributed by atoms with Crippen molar-refractivity contribution < 1.29 is 19.1 Å². The van der Waals surface area contributed by atoms with Crippen LogP contribution in [0.3, 0.4) is 0 Å². The lowest BCUT2D eigenvalue weighted by molar-refractivity contribution is -0.142. The maximum atomic E-state index is 11.8. The van der Waals surface area contributed by atoms with Crippen molar-refractivity contribution in [2.45, 2.75) is 19.8 Å². The average Bonchev–Trinajstić information content (AvgIpc) is 2.78. The molecule has 0 unspecified atom stereocenters. The van der Waals surface area contributed by atoms with Gasteiger partial charge < -0.3 is 26.0 Å². The van der Waals surface area contributed by atoms with Gasteiger partial charge in [-0.3, -0.25) is 19.4 Å². The maximum Gasteiger partial charge on any atom is 0.307 e.